The van der Waals surface area contributed by atoms with Crippen LogP contribution in [0.2, 0.25) is 5.02 Å². The Hall–Kier alpha value is -1.91. The van der Waals surface area contributed by atoms with Gasteiger partial charge in [0.1, 0.15) is 11.8 Å². The molecule has 1 atom stereocenters. The molecule has 1 aromatic heterocycles. The summed E-state index contributed by atoms with van der Waals surface area (Å²) in [4.78, 5) is 14.7. The summed E-state index contributed by atoms with van der Waals surface area (Å²) < 4.78 is 5.67. The van der Waals surface area contributed by atoms with Crippen LogP contribution in [0.4, 0.5) is 0 Å². The molecule has 0 radical (unpaired) electrons. The predicted octanol–water partition coefficient (Wildman–Crippen LogP) is 2.87. The Morgan fingerprint density at radius 3 is 3.05 bits per heavy atom. The molecule has 0 amide bonds. The van der Waals surface area contributed by atoms with Gasteiger partial charge < -0.3 is 9.84 Å². The van der Waals surface area contributed by atoms with Crippen LogP contribution in [0.1, 0.15) is 33.3 Å². The highest BCUT2D eigenvalue weighted by molar-refractivity contribution is 6.30. The minimum absolute atomic E-state index is 0.0243. The minimum atomic E-state index is -0.421. The van der Waals surface area contributed by atoms with E-state index in [1.54, 1.807) is 18.3 Å². The van der Waals surface area contributed by atoms with E-state index in [1.807, 2.05) is 12.1 Å². The topological polar surface area (TPSA) is 59.4 Å². The fraction of sp³-hybridized carbons (Fsp3) is 0.143. The highest BCUT2D eigenvalue weighted by Crippen LogP contribution is 2.41. The number of ether oxygens (including phenoxy) is 1. The number of fused-ring (bicyclic) bond motifs is 1. The zero-order valence-corrected chi connectivity index (χ0v) is 10.6. The van der Waals surface area contributed by atoms with Crippen LogP contribution in [0.25, 0.3) is 0 Å². The third kappa shape index (κ3) is 1.99. The Morgan fingerprint density at radius 2 is 2.32 bits per heavy atom. The number of aldehydes is 1. The quantitative estimate of drug-likeness (QED) is 0.856. The van der Waals surface area contributed by atoms with E-state index in [0.29, 0.717) is 23.5 Å². The molecule has 3 rings (SSSR count). The maximum atomic E-state index is 10.8. The van der Waals surface area contributed by atoms with Crippen molar-refractivity contribution in [3.63, 3.8) is 0 Å². The summed E-state index contributed by atoms with van der Waals surface area (Å²) in [6.07, 6.45) is 1.67. The largest absolute Gasteiger partial charge is 0.505 e. The van der Waals surface area contributed by atoms with Gasteiger partial charge in [-0.25, -0.2) is 4.98 Å². The van der Waals surface area contributed by atoms with Crippen LogP contribution < -0.4 is 0 Å². The number of pyridine rings is 1. The molecule has 5 heteroatoms. The first kappa shape index (κ1) is 12.1. The fourth-order valence-corrected chi connectivity index (χ4v) is 2.45. The van der Waals surface area contributed by atoms with Crippen molar-refractivity contribution >= 4 is 17.9 Å². The fourth-order valence-electron chi connectivity index (χ4n) is 2.25. The Morgan fingerprint density at radius 1 is 1.47 bits per heavy atom. The summed E-state index contributed by atoms with van der Waals surface area (Å²) in [5.74, 6) is -0.116. The van der Waals surface area contributed by atoms with E-state index < -0.39 is 6.10 Å². The molecule has 0 spiro atoms. The summed E-state index contributed by atoms with van der Waals surface area (Å²) in [7, 11) is 0. The van der Waals surface area contributed by atoms with Gasteiger partial charge in [-0.05, 0) is 17.7 Å². The number of nitrogens with zero attached hydrogens (tertiary/aromatic N) is 1. The molecule has 1 unspecified atom stereocenters. The molecule has 1 N–H and O–H groups in total. The Bertz CT molecular complexity index is 657. The van der Waals surface area contributed by atoms with Crippen LogP contribution >= 0.6 is 11.6 Å². The normalized spacial score (nSPS) is 17.2. The van der Waals surface area contributed by atoms with Crippen LogP contribution in [0, 0.1) is 0 Å². The molecular formula is C14H10ClNO3. The van der Waals surface area contributed by atoms with E-state index in [4.69, 9.17) is 16.3 Å². The van der Waals surface area contributed by atoms with Crippen molar-refractivity contribution in [2.45, 2.75) is 12.7 Å². The van der Waals surface area contributed by atoms with Gasteiger partial charge in [-0.2, -0.15) is 0 Å². The van der Waals surface area contributed by atoms with Gasteiger partial charge in [0.05, 0.1) is 6.61 Å². The van der Waals surface area contributed by atoms with Gasteiger partial charge >= 0.3 is 0 Å². The SMILES string of the molecule is O=Cc1ncc2c(c1O)C(c1cccc(Cl)c1)OC2. The number of halogens is 1. The van der Waals surface area contributed by atoms with E-state index in [0.717, 1.165) is 11.1 Å². The van der Waals surface area contributed by atoms with Crippen molar-refractivity contribution in [2.24, 2.45) is 0 Å². The van der Waals surface area contributed by atoms with Crippen molar-refractivity contribution in [2.75, 3.05) is 0 Å². The van der Waals surface area contributed by atoms with Crippen LogP contribution in [0.5, 0.6) is 5.75 Å². The Kier molecular flexibility index (Phi) is 2.97. The van der Waals surface area contributed by atoms with Crippen LogP contribution in [-0.4, -0.2) is 16.4 Å². The van der Waals surface area contributed by atoms with E-state index in [9.17, 15) is 9.90 Å². The van der Waals surface area contributed by atoms with Crippen molar-refractivity contribution in [1.29, 1.82) is 0 Å². The highest BCUT2D eigenvalue weighted by Gasteiger charge is 2.30. The molecular weight excluding hydrogens is 266 g/mol. The predicted molar refractivity (Wildman–Crippen MR) is 69.4 cm³/mol. The number of hydrogen-bond donors (Lipinski definition) is 1. The molecule has 0 saturated heterocycles. The molecule has 1 aliphatic rings. The van der Waals surface area contributed by atoms with Gasteiger partial charge in [-0.15, -0.1) is 0 Å². The molecule has 0 fully saturated rings. The van der Waals surface area contributed by atoms with Gasteiger partial charge in [0, 0.05) is 22.3 Å². The van der Waals surface area contributed by atoms with Gasteiger partial charge in [0.15, 0.2) is 12.0 Å². The van der Waals surface area contributed by atoms with Crippen LogP contribution in [0.15, 0.2) is 30.5 Å². The van der Waals surface area contributed by atoms with Gasteiger partial charge in [0.25, 0.3) is 0 Å². The first-order valence-electron chi connectivity index (χ1n) is 5.73. The lowest BCUT2D eigenvalue weighted by Crippen LogP contribution is -2.01. The summed E-state index contributed by atoms with van der Waals surface area (Å²) >= 11 is 5.96. The number of benzene rings is 1. The van der Waals surface area contributed by atoms with E-state index in [2.05, 4.69) is 4.98 Å². The number of hydrogen-bond acceptors (Lipinski definition) is 4. The number of aromatic hydroxyl groups is 1. The standard InChI is InChI=1S/C14H10ClNO3/c15-10-3-1-2-8(4-10)14-12-9(7-19-14)5-16-11(6-17)13(12)18/h1-6,14,18H,7H2. The first-order valence-corrected chi connectivity index (χ1v) is 6.11. The summed E-state index contributed by atoms with van der Waals surface area (Å²) in [6, 6.07) is 7.23. The molecule has 2 heterocycles. The lowest BCUT2D eigenvalue weighted by molar-refractivity contribution is 0.0928. The average Bonchev–Trinajstić information content (AvgIpc) is 2.84. The summed E-state index contributed by atoms with van der Waals surface area (Å²) in [6.45, 7) is 0.353. The molecule has 1 aromatic carbocycles. The molecule has 0 bridgehead atoms. The number of rotatable bonds is 2. The second-order valence-corrected chi connectivity index (χ2v) is 4.73. The summed E-state index contributed by atoms with van der Waals surface area (Å²) in [5.41, 5.74) is 2.24. The van der Waals surface area contributed by atoms with Gasteiger partial charge in [0.2, 0.25) is 0 Å². The Balaban J connectivity index is 2.13. The maximum Gasteiger partial charge on any atom is 0.172 e. The first-order chi connectivity index (χ1) is 9.20. The van der Waals surface area contributed by atoms with E-state index in [-0.39, 0.29) is 11.4 Å². The van der Waals surface area contributed by atoms with Crippen molar-refractivity contribution in [3.8, 4) is 5.75 Å². The third-order valence-electron chi connectivity index (χ3n) is 3.13. The van der Waals surface area contributed by atoms with Crippen molar-refractivity contribution in [1.82, 2.24) is 4.98 Å². The molecule has 19 heavy (non-hydrogen) atoms. The molecule has 0 saturated carbocycles. The molecule has 2 aromatic rings. The number of carbonyl (C=O) groups is 1. The second-order valence-electron chi connectivity index (χ2n) is 4.29. The molecule has 4 nitrogen and oxygen atoms in total. The van der Waals surface area contributed by atoms with E-state index >= 15 is 0 Å². The lowest BCUT2D eigenvalue weighted by atomic mass is 9.99. The lowest BCUT2D eigenvalue weighted by Gasteiger charge is -2.13. The molecule has 0 aliphatic carbocycles. The summed E-state index contributed by atoms with van der Waals surface area (Å²) in [5, 5.41) is 10.7. The van der Waals surface area contributed by atoms with E-state index in [1.165, 1.54) is 0 Å². The smallest absolute Gasteiger partial charge is 0.172 e. The third-order valence-corrected chi connectivity index (χ3v) is 3.37. The number of carbonyl (C=O) groups excluding carboxylic acids is 1. The minimum Gasteiger partial charge on any atom is -0.505 e. The van der Waals surface area contributed by atoms with Crippen LogP contribution in [0.3, 0.4) is 0 Å². The zero-order valence-electron chi connectivity index (χ0n) is 9.84. The average molecular weight is 276 g/mol. The second kappa shape index (κ2) is 4.64. The highest BCUT2D eigenvalue weighted by atomic mass is 35.5. The molecule has 96 valence electrons. The van der Waals surface area contributed by atoms with Gasteiger partial charge in [-0.1, -0.05) is 23.7 Å². The zero-order chi connectivity index (χ0) is 13.4. The van der Waals surface area contributed by atoms with Crippen molar-refractivity contribution in [3.05, 3.63) is 57.9 Å². The van der Waals surface area contributed by atoms with Gasteiger partial charge in [-0.3, -0.25) is 4.79 Å². The monoisotopic (exact) mass is 275 g/mol. The molecule has 1 aliphatic heterocycles. The Labute approximate surface area is 114 Å². The van der Waals surface area contributed by atoms with Crippen molar-refractivity contribution < 1.29 is 14.6 Å². The maximum absolute atomic E-state index is 10.8. The number of aromatic nitrogens is 1. The van der Waals surface area contributed by atoms with Crippen LogP contribution in [-0.2, 0) is 11.3 Å².